The molecule has 0 fully saturated rings. The number of nitrogens with zero attached hydrogens (tertiary/aromatic N) is 2. The molecule has 0 spiro atoms. The van der Waals surface area contributed by atoms with Gasteiger partial charge in [-0.05, 0) is 24.6 Å². The summed E-state index contributed by atoms with van der Waals surface area (Å²) < 4.78 is 48.1. The second kappa shape index (κ2) is 8.02. The van der Waals surface area contributed by atoms with Crippen LogP contribution in [0.25, 0.3) is 0 Å². The van der Waals surface area contributed by atoms with Crippen LogP contribution in [-0.4, -0.2) is 46.4 Å². The smallest absolute Gasteiger partial charge is 0.417 e. The average molecular weight is 358 g/mol. The molecule has 1 unspecified atom stereocenters. The number of hydrogen-bond donors (Lipinski definition) is 1. The van der Waals surface area contributed by atoms with Crippen LogP contribution in [-0.2, 0) is 11.3 Å². The fraction of sp³-hybridized carbons (Fsp3) is 0.375. The SMILES string of the molecule is CCOC(=O)c1cnn(Cc2cccc(OCC(O)C(F)(F)F)c2)c1. The van der Waals surface area contributed by atoms with Gasteiger partial charge in [0.05, 0.1) is 24.9 Å². The minimum Gasteiger partial charge on any atom is -0.491 e. The molecule has 6 nitrogen and oxygen atoms in total. The van der Waals surface area contributed by atoms with Crippen molar-refractivity contribution in [2.45, 2.75) is 25.7 Å². The Morgan fingerprint density at radius 2 is 2.16 bits per heavy atom. The molecule has 0 aliphatic heterocycles. The Hall–Kier alpha value is -2.55. The minimum atomic E-state index is -4.73. The first kappa shape index (κ1) is 18.8. The number of benzene rings is 1. The Morgan fingerprint density at radius 3 is 2.84 bits per heavy atom. The van der Waals surface area contributed by atoms with E-state index in [1.54, 1.807) is 19.1 Å². The van der Waals surface area contributed by atoms with E-state index in [0.717, 1.165) is 0 Å². The van der Waals surface area contributed by atoms with Gasteiger partial charge in [0.15, 0.2) is 6.10 Å². The Balaban J connectivity index is 1.98. The highest BCUT2D eigenvalue weighted by atomic mass is 19.4. The van der Waals surface area contributed by atoms with Gasteiger partial charge in [-0.1, -0.05) is 12.1 Å². The lowest BCUT2D eigenvalue weighted by Gasteiger charge is -2.15. The standard InChI is InChI=1S/C16H17F3N2O4/c1-2-24-15(23)12-7-20-21(9-12)8-11-4-3-5-13(6-11)25-10-14(22)16(17,18)19/h3-7,9,14,22H,2,8,10H2,1H3. The Labute approximate surface area is 141 Å². The van der Waals surface area contributed by atoms with Crippen LogP contribution in [0.15, 0.2) is 36.7 Å². The summed E-state index contributed by atoms with van der Waals surface area (Å²) in [4.78, 5) is 11.6. The fourth-order valence-corrected chi connectivity index (χ4v) is 1.96. The minimum absolute atomic E-state index is 0.193. The predicted molar refractivity (Wildman–Crippen MR) is 81.3 cm³/mol. The molecule has 0 aliphatic carbocycles. The van der Waals surface area contributed by atoms with E-state index in [1.165, 1.54) is 29.2 Å². The molecule has 2 aromatic rings. The zero-order chi connectivity index (χ0) is 18.4. The van der Waals surface area contributed by atoms with Gasteiger partial charge in [-0.25, -0.2) is 4.79 Å². The van der Waals surface area contributed by atoms with E-state index in [0.29, 0.717) is 17.7 Å². The summed E-state index contributed by atoms with van der Waals surface area (Å²) in [6.07, 6.45) is -4.39. The van der Waals surface area contributed by atoms with Gasteiger partial charge in [-0.15, -0.1) is 0 Å². The highest BCUT2D eigenvalue weighted by Gasteiger charge is 2.38. The molecule has 136 valence electrons. The quantitative estimate of drug-likeness (QED) is 0.770. The van der Waals surface area contributed by atoms with Crippen LogP contribution in [0.5, 0.6) is 5.75 Å². The first-order valence-electron chi connectivity index (χ1n) is 7.45. The van der Waals surface area contributed by atoms with Gasteiger partial charge in [0.1, 0.15) is 12.4 Å². The van der Waals surface area contributed by atoms with Gasteiger partial charge >= 0.3 is 12.1 Å². The predicted octanol–water partition coefficient (Wildman–Crippen LogP) is 2.41. The summed E-state index contributed by atoms with van der Waals surface area (Å²) in [7, 11) is 0. The maximum atomic E-state index is 12.3. The molecule has 0 bridgehead atoms. The fourth-order valence-electron chi connectivity index (χ4n) is 1.96. The van der Waals surface area contributed by atoms with Crippen LogP contribution in [0.3, 0.4) is 0 Å². The van der Waals surface area contributed by atoms with Crippen molar-refractivity contribution < 1.29 is 32.5 Å². The van der Waals surface area contributed by atoms with Crippen molar-refractivity contribution in [1.29, 1.82) is 0 Å². The largest absolute Gasteiger partial charge is 0.491 e. The van der Waals surface area contributed by atoms with Crippen molar-refractivity contribution in [3.63, 3.8) is 0 Å². The number of carbonyl (C=O) groups excluding carboxylic acids is 1. The molecule has 0 amide bonds. The summed E-state index contributed by atoms with van der Waals surface area (Å²) in [5.74, 6) is -0.287. The summed E-state index contributed by atoms with van der Waals surface area (Å²) in [5.41, 5.74) is 1.01. The number of rotatable bonds is 7. The molecule has 1 heterocycles. The number of carbonyl (C=O) groups is 1. The average Bonchev–Trinajstić information content (AvgIpc) is 3.01. The molecule has 1 aromatic carbocycles. The first-order chi connectivity index (χ1) is 11.8. The first-order valence-corrected chi connectivity index (χ1v) is 7.45. The molecule has 0 aliphatic rings. The lowest BCUT2D eigenvalue weighted by molar-refractivity contribution is -0.210. The number of ether oxygens (including phenoxy) is 2. The molecule has 1 atom stereocenters. The normalized spacial score (nSPS) is 12.7. The van der Waals surface area contributed by atoms with E-state index in [-0.39, 0.29) is 12.4 Å². The van der Waals surface area contributed by atoms with Crippen LogP contribution in [0, 0.1) is 0 Å². The maximum absolute atomic E-state index is 12.3. The second-order valence-corrected chi connectivity index (χ2v) is 5.16. The van der Waals surface area contributed by atoms with Crippen LogP contribution < -0.4 is 4.74 Å². The van der Waals surface area contributed by atoms with Crippen LogP contribution >= 0.6 is 0 Å². The van der Waals surface area contributed by atoms with E-state index in [4.69, 9.17) is 14.6 Å². The van der Waals surface area contributed by atoms with Gasteiger partial charge in [0.25, 0.3) is 0 Å². The zero-order valence-corrected chi connectivity index (χ0v) is 13.4. The van der Waals surface area contributed by atoms with Gasteiger partial charge in [0, 0.05) is 6.20 Å². The van der Waals surface area contributed by atoms with Gasteiger partial charge in [-0.3, -0.25) is 4.68 Å². The van der Waals surface area contributed by atoms with Gasteiger partial charge in [-0.2, -0.15) is 18.3 Å². The highest BCUT2D eigenvalue weighted by Crippen LogP contribution is 2.21. The summed E-state index contributed by atoms with van der Waals surface area (Å²) in [6.45, 7) is 1.36. The van der Waals surface area contributed by atoms with Gasteiger partial charge < -0.3 is 14.6 Å². The molecule has 1 N–H and O–H groups in total. The summed E-state index contributed by atoms with van der Waals surface area (Å²) in [6, 6.07) is 6.37. The number of hydrogen-bond acceptors (Lipinski definition) is 5. The Kier molecular flexibility index (Phi) is 6.02. The van der Waals surface area contributed by atoms with E-state index in [9.17, 15) is 18.0 Å². The third-order valence-electron chi connectivity index (χ3n) is 3.17. The molecular formula is C16H17F3N2O4. The summed E-state index contributed by atoms with van der Waals surface area (Å²) in [5, 5.41) is 13.0. The zero-order valence-electron chi connectivity index (χ0n) is 13.4. The topological polar surface area (TPSA) is 73.6 Å². The number of aromatic nitrogens is 2. The monoisotopic (exact) mass is 358 g/mol. The molecule has 0 radical (unpaired) electrons. The number of aliphatic hydroxyl groups is 1. The second-order valence-electron chi connectivity index (χ2n) is 5.16. The molecular weight excluding hydrogens is 341 g/mol. The van der Waals surface area contributed by atoms with Crippen molar-refractivity contribution >= 4 is 5.97 Å². The Morgan fingerprint density at radius 1 is 1.40 bits per heavy atom. The summed E-state index contributed by atoms with van der Waals surface area (Å²) >= 11 is 0. The van der Waals surface area contributed by atoms with Crippen LogP contribution in [0.2, 0.25) is 0 Å². The van der Waals surface area contributed by atoms with Gasteiger partial charge in [0.2, 0.25) is 0 Å². The van der Waals surface area contributed by atoms with Crippen molar-refractivity contribution in [3.8, 4) is 5.75 Å². The lowest BCUT2D eigenvalue weighted by Crippen LogP contribution is -2.34. The van der Waals surface area contributed by atoms with E-state index >= 15 is 0 Å². The van der Waals surface area contributed by atoms with E-state index < -0.39 is 24.9 Å². The third kappa shape index (κ3) is 5.49. The van der Waals surface area contributed by atoms with E-state index in [1.807, 2.05) is 0 Å². The molecule has 25 heavy (non-hydrogen) atoms. The lowest BCUT2D eigenvalue weighted by atomic mass is 10.2. The third-order valence-corrected chi connectivity index (χ3v) is 3.17. The maximum Gasteiger partial charge on any atom is 0.417 e. The molecule has 0 saturated carbocycles. The van der Waals surface area contributed by atoms with Crippen molar-refractivity contribution in [2.75, 3.05) is 13.2 Å². The van der Waals surface area contributed by atoms with E-state index in [2.05, 4.69) is 5.10 Å². The van der Waals surface area contributed by atoms with Crippen molar-refractivity contribution in [1.82, 2.24) is 9.78 Å². The molecule has 2 rings (SSSR count). The van der Waals surface area contributed by atoms with Crippen LogP contribution in [0.4, 0.5) is 13.2 Å². The Bertz CT molecular complexity index is 715. The number of esters is 1. The van der Waals surface area contributed by atoms with Crippen molar-refractivity contribution in [2.24, 2.45) is 0 Å². The number of aliphatic hydroxyl groups excluding tert-OH is 1. The molecule has 0 saturated heterocycles. The molecule has 9 heteroatoms. The van der Waals surface area contributed by atoms with Crippen LogP contribution in [0.1, 0.15) is 22.8 Å². The van der Waals surface area contributed by atoms with Crippen molar-refractivity contribution in [3.05, 3.63) is 47.8 Å². The number of halogens is 3. The molecule has 1 aromatic heterocycles. The highest BCUT2D eigenvalue weighted by molar-refractivity contribution is 5.88. The number of alkyl halides is 3.